The fourth-order valence-electron chi connectivity index (χ4n) is 2.28. The second-order valence-corrected chi connectivity index (χ2v) is 5.36. The summed E-state index contributed by atoms with van der Waals surface area (Å²) in [7, 11) is 1.28. The predicted octanol–water partition coefficient (Wildman–Crippen LogP) is 4.02. The average molecular weight is 349 g/mol. The number of benzene rings is 2. The molecule has 2 rings (SSSR count). The van der Waals surface area contributed by atoms with Crippen molar-refractivity contribution < 1.29 is 28.2 Å². The molecule has 2 aromatic rings. The Bertz CT molecular complexity index is 720. The van der Waals surface area contributed by atoms with E-state index in [4.69, 9.17) is 4.74 Å². The van der Waals surface area contributed by atoms with Gasteiger partial charge in [0.15, 0.2) is 6.04 Å². The van der Waals surface area contributed by atoms with Gasteiger partial charge >= 0.3 is 12.1 Å². The van der Waals surface area contributed by atoms with Gasteiger partial charge in [-0.2, -0.15) is 0 Å². The maximum Gasteiger partial charge on any atom is 0.410 e. The van der Waals surface area contributed by atoms with Crippen molar-refractivity contribution in [2.75, 3.05) is 7.05 Å². The maximum absolute atomic E-state index is 12.6. The lowest BCUT2D eigenvalue weighted by Gasteiger charge is -2.24. The van der Waals surface area contributed by atoms with Crippen LogP contribution >= 0.6 is 0 Å². The fourth-order valence-corrected chi connectivity index (χ4v) is 2.28. The van der Waals surface area contributed by atoms with E-state index < -0.39 is 24.5 Å². The molecular formula is C18H17F2NO4. The SMILES string of the molecule is CN(C(=O)OCc1ccccc1)C(C(=O)O)c1ccc(C(F)F)cc1. The van der Waals surface area contributed by atoms with Crippen LogP contribution in [0.15, 0.2) is 54.6 Å². The Morgan fingerprint density at radius 1 is 1.04 bits per heavy atom. The van der Waals surface area contributed by atoms with Gasteiger partial charge in [0.1, 0.15) is 6.61 Å². The van der Waals surface area contributed by atoms with Gasteiger partial charge in [-0.3, -0.25) is 4.90 Å². The number of likely N-dealkylation sites (N-methyl/N-ethyl adjacent to an activating group) is 1. The smallest absolute Gasteiger partial charge is 0.410 e. The zero-order chi connectivity index (χ0) is 18.4. The molecule has 5 nitrogen and oxygen atoms in total. The van der Waals surface area contributed by atoms with Crippen LogP contribution in [0.2, 0.25) is 0 Å². The van der Waals surface area contributed by atoms with Crippen LogP contribution in [0.1, 0.15) is 29.2 Å². The van der Waals surface area contributed by atoms with E-state index in [1.54, 1.807) is 24.3 Å². The molecule has 0 aliphatic heterocycles. The number of carbonyl (C=O) groups is 2. The number of rotatable bonds is 6. The van der Waals surface area contributed by atoms with E-state index in [9.17, 15) is 23.5 Å². The highest BCUT2D eigenvalue weighted by molar-refractivity contribution is 5.81. The third-order valence-corrected chi connectivity index (χ3v) is 3.62. The first-order valence-electron chi connectivity index (χ1n) is 7.44. The Morgan fingerprint density at radius 2 is 1.60 bits per heavy atom. The highest BCUT2D eigenvalue weighted by Gasteiger charge is 2.29. The minimum absolute atomic E-state index is 0.000667. The molecule has 1 atom stereocenters. The van der Waals surface area contributed by atoms with Gasteiger partial charge in [-0.15, -0.1) is 0 Å². The van der Waals surface area contributed by atoms with Gasteiger partial charge in [0.05, 0.1) is 0 Å². The van der Waals surface area contributed by atoms with E-state index in [0.717, 1.165) is 22.6 Å². The molecule has 7 heteroatoms. The van der Waals surface area contributed by atoms with E-state index >= 15 is 0 Å². The summed E-state index contributed by atoms with van der Waals surface area (Å²) in [6.07, 6.45) is -3.47. The van der Waals surface area contributed by atoms with Crippen LogP contribution in [-0.4, -0.2) is 29.1 Å². The van der Waals surface area contributed by atoms with Gasteiger partial charge in [-0.25, -0.2) is 18.4 Å². The third kappa shape index (κ3) is 4.76. The number of nitrogens with zero attached hydrogens (tertiary/aromatic N) is 1. The third-order valence-electron chi connectivity index (χ3n) is 3.62. The second kappa shape index (κ2) is 8.23. The maximum atomic E-state index is 12.6. The Kier molecular flexibility index (Phi) is 6.05. The summed E-state index contributed by atoms with van der Waals surface area (Å²) in [5, 5.41) is 9.41. The first kappa shape index (κ1) is 18.4. The molecule has 1 amide bonds. The van der Waals surface area contributed by atoms with E-state index in [0.29, 0.717) is 0 Å². The van der Waals surface area contributed by atoms with Crippen molar-refractivity contribution >= 4 is 12.1 Å². The molecule has 0 saturated heterocycles. The summed E-state index contributed by atoms with van der Waals surface area (Å²) >= 11 is 0. The molecule has 0 heterocycles. The molecule has 132 valence electrons. The molecule has 2 aromatic carbocycles. The monoisotopic (exact) mass is 349 g/mol. The number of hydrogen-bond donors (Lipinski definition) is 1. The normalized spacial score (nSPS) is 11.8. The van der Waals surface area contributed by atoms with Gasteiger partial charge < -0.3 is 9.84 Å². The number of amides is 1. The van der Waals surface area contributed by atoms with Gasteiger partial charge in [0, 0.05) is 12.6 Å². The fraction of sp³-hybridized carbons (Fsp3) is 0.222. The van der Waals surface area contributed by atoms with Crippen LogP contribution < -0.4 is 0 Å². The number of halogens is 2. The molecule has 0 spiro atoms. The summed E-state index contributed by atoms with van der Waals surface area (Å²) in [5.74, 6) is -1.29. The molecule has 0 aliphatic rings. The van der Waals surface area contributed by atoms with Gasteiger partial charge in [-0.05, 0) is 11.1 Å². The molecule has 1 unspecified atom stereocenters. The van der Waals surface area contributed by atoms with Crippen molar-refractivity contribution in [1.82, 2.24) is 4.90 Å². The molecule has 0 aromatic heterocycles. The summed E-state index contributed by atoms with van der Waals surface area (Å²) < 4.78 is 30.3. The minimum Gasteiger partial charge on any atom is -0.479 e. The van der Waals surface area contributed by atoms with Crippen LogP contribution in [-0.2, 0) is 16.1 Å². The highest BCUT2D eigenvalue weighted by Crippen LogP contribution is 2.25. The predicted molar refractivity (Wildman–Crippen MR) is 86.2 cm³/mol. The van der Waals surface area contributed by atoms with Gasteiger partial charge in [0.25, 0.3) is 6.43 Å². The zero-order valence-electron chi connectivity index (χ0n) is 13.4. The van der Waals surface area contributed by atoms with E-state index in [1.165, 1.54) is 19.2 Å². The molecule has 0 bridgehead atoms. The topological polar surface area (TPSA) is 66.8 Å². The lowest BCUT2D eigenvalue weighted by atomic mass is 10.0. The first-order valence-corrected chi connectivity index (χ1v) is 7.44. The standard InChI is InChI=1S/C18H17F2NO4/c1-21(18(24)25-11-12-5-3-2-4-6-12)15(17(22)23)13-7-9-14(10-8-13)16(19)20/h2-10,15-16H,11H2,1H3,(H,22,23). The average Bonchev–Trinajstić information content (AvgIpc) is 2.60. The van der Waals surface area contributed by atoms with E-state index in [-0.39, 0.29) is 17.7 Å². The number of aliphatic carboxylic acids is 1. The van der Waals surface area contributed by atoms with Crippen LogP contribution in [0.4, 0.5) is 13.6 Å². The highest BCUT2D eigenvalue weighted by atomic mass is 19.3. The van der Waals surface area contributed by atoms with E-state index in [2.05, 4.69) is 0 Å². The van der Waals surface area contributed by atoms with Crippen molar-refractivity contribution in [2.24, 2.45) is 0 Å². The van der Waals surface area contributed by atoms with Crippen LogP contribution in [0.5, 0.6) is 0 Å². The summed E-state index contributed by atoms with van der Waals surface area (Å²) in [5.41, 5.74) is 0.746. The van der Waals surface area contributed by atoms with E-state index in [1.807, 2.05) is 6.07 Å². The molecule has 1 N–H and O–H groups in total. The van der Waals surface area contributed by atoms with Crippen molar-refractivity contribution in [3.05, 3.63) is 71.3 Å². The Morgan fingerprint density at radius 3 is 2.12 bits per heavy atom. The molecule has 0 fully saturated rings. The van der Waals surface area contributed by atoms with Crippen LogP contribution in [0.3, 0.4) is 0 Å². The molecule has 0 radical (unpaired) electrons. The number of alkyl halides is 2. The van der Waals surface area contributed by atoms with Crippen LogP contribution in [0.25, 0.3) is 0 Å². The van der Waals surface area contributed by atoms with Crippen molar-refractivity contribution in [3.8, 4) is 0 Å². The lowest BCUT2D eigenvalue weighted by Crippen LogP contribution is -2.36. The zero-order valence-corrected chi connectivity index (χ0v) is 13.4. The summed E-state index contributed by atoms with van der Waals surface area (Å²) in [6.45, 7) is 0.000667. The number of hydrogen-bond acceptors (Lipinski definition) is 3. The number of carboxylic acids is 1. The molecule has 0 aliphatic carbocycles. The lowest BCUT2D eigenvalue weighted by molar-refractivity contribution is -0.142. The molecule has 25 heavy (non-hydrogen) atoms. The number of carboxylic acid groups (broad SMARTS) is 1. The van der Waals surface area contributed by atoms with Crippen LogP contribution in [0, 0.1) is 0 Å². The van der Waals surface area contributed by atoms with Crippen molar-refractivity contribution in [1.29, 1.82) is 0 Å². The van der Waals surface area contributed by atoms with Crippen molar-refractivity contribution in [2.45, 2.75) is 19.1 Å². The Balaban J connectivity index is 2.10. The Hall–Kier alpha value is -2.96. The second-order valence-electron chi connectivity index (χ2n) is 5.36. The summed E-state index contributed by atoms with van der Waals surface area (Å²) in [4.78, 5) is 24.6. The largest absolute Gasteiger partial charge is 0.479 e. The van der Waals surface area contributed by atoms with Gasteiger partial charge in [0.2, 0.25) is 0 Å². The molecular weight excluding hydrogens is 332 g/mol. The van der Waals surface area contributed by atoms with Crippen molar-refractivity contribution in [3.63, 3.8) is 0 Å². The quantitative estimate of drug-likeness (QED) is 0.855. The number of carbonyl (C=O) groups excluding carboxylic acids is 1. The Labute approximate surface area is 143 Å². The minimum atomic E-state index is -2.65. The summed E-state index contributed by atoms with van der Waals surface area (Å²) in [6, 6.07) is 12.4. The molecule has 0 saturated carbocycles. The first-order chi connectivity index (χ1) is 11.9. The number of ether oxygens (including phenoxy) is 1. The van der Waals surface area contributed by atoms with Gasteiger partial charge in [-0.1, -0.05) is 54.6 Å².